The van der Waals surface area contributed by atoms with Gasteiger partial charge in [-0.1, -0.05) is 17.7 Å². The number of pyridine rings is 1. The summed E-state index contributed by atoms with van der Waals surface area (Å²) in [4.78, 5) is 6.64. The first-order valence-electron chi connectivity index (χ1n) is 10.1. The first-order valence-corrected chi connectivity index (χ1v) is 10.9. The quantitative estimate of drug-likeness (QED) is 0.358. The molecule has 2 unspecified atom stereocenters. The summed E-state index contributed by atoms with van der Waals surface area (Å²) in [5, 5.41) is 4.74. The number of anilines is 1. The van der Waals surface area contributed by atoms with Crippen LogP contribution in [0.1, 0.15) is 23.5 Å². The summed E-state index contributed by atoms with van der Waals surface area (Å²) < 4.78 is 11.7. The third-order valence-corrected chi connectivity index (χ3v) is 6.06. The number of nitrogens with zero attached hydrogens (tertiary/aromatic N) is 2. The van der Waals surface area contributed by atoms with Gasteiger partial charge in [0.25, 0.3) is 0 Å². The van der Waals surface area contributed by atoms with E-state index in [1.54, 1.807) is 13.3 Å². The van der Waals surface area contributed by atoms with Crippen LogP contribution in [0.2, 0.25) is 5.02 Å². The van der Waals surface area contributed by atoms with Gasteiger partial charge >= 0.3 is 0 Å². The van der Waals surface area contributed by atoms with Gasteiger partial charge in [0.15, 0.2) is 5.11 Å². The molecule has 32 heavy (non-hydrogen) atoms. The average Bonchev–Trinajstić information content (AvgIpc) is 3.45. The Morgan fingerprint density at radius 3 is 2.47 bits per heavy atom. The maximum atomic E-state index is 6.35. The highest BCUT2D eigenvalue weighted by Crippen LogP contribution is 2.43. The smallest absolute Gasteiger partial charge is 0.174 e. The zero-order valence-electron chi connectivity index (χ0n) is 17.2. The highest BCUT2D eigenvalue weighted by Gasteiger charge is 2.42. The summed E-state index contributed by atoms with van der Waals surface area (Å²) in [5.74, 6) is 2.34. The van der Waals surface area contributed by atoms with Crippen molar-refractivity contribution in [1.29, 1.82) is 0 Å². The number of rotatable bonds is 5. The lowest BCUT2D eigenvalue weighted by molar-refractivity contribution is 0.414. The van der Waals surface area contributed by atoms with Crippen molar-refractivity contribution in [2.45, 2.75) is 12.1 Å². The molecule has 1 saturated heterocycles. The Morgan fingerprint density at radius 2 is 1.78 bits per heavy atom. The van der Waals surface area contributed by atoms with Crippen molar-refractivity contribution >= 4 is 34.6 Å². The molecule has 1 fully saturated rings. The van der Waals surface area contributed by atoms with Crippen LogP contribution in [-0.4, -0.2) is 17.2 Å². The summed E-state index contributed by atoms with van der Waals surface area (Å²) in [7, 11) is 1.65. The van der Waals surface area contributed by atoms with Crippen LogP contribution in [-0.2, 0) is 0 Å². The monoisotopic (exact) mass is 461 g/mol. The van der Waals surface area contributed by atoms with Gasteiger partial charge in [0.1, 0.15) is 23.3 Å². The van der Waals surface area contributed by atoms with Gasteiger partial charge in [-0.15, -0.1) is 0 Å². The molecule has 1 N–H and O–H groups in total. The number of benzene rings is 2. The fraction of sp³-hybridized carbons (Fsp3) is 0.120. The Bertz CT molecular complexity index is 1230. The number of nitrogens with one attached hydrogen (secondary N) is 1. The van der Waals surface area contributed by atoms with E-state index in [0.717, 1.165) is 34.2 Å². The number of furan rings is 1. The van der Waals surface area contributed by atoms with Crippen LogP contribution < -0.4 is 15.0 Å². The van der Waals surface area contributed by atoms with Crippen LogP contribution in [0.25, 0.3) is 11.3 Å². The number of halogens is 1. The second kappa shape index (κ2) is 8.65. The standard InChI is InChI=1S/C25H20ClN3O2S/c1-30-19-11-9-18(10-12-19)29-24(23(28-25(29)32)20-4-2-3-15-27-20)22-14-13-21(31-22)16-5-7-17(26)8-6-16/h2-15,23-24H,1H3,(H,28,32). The molecule has 0 bridgehead atoms. The predicted octanol–water partition coefficient (Wildman–Crippen LogP) is 6.18. The molecular weight excluding hydrogens is 442 g/mol. The lowest BCUT2D eigenvalue weighted by Gasteiger charge is -2.26. The van der Waals surface area contributed by atoms with E-state index in [-0.39, 0.29) is 12.1 Å². The third-order valence-electron chi connectivity index (χ3n) is 5.50. The van der Waals surface area contributed by atoms with Crippen molar-refractivity contribution in [1.82, 2.24) is 10.3 Å². The molecule has 0 spiro atoms. The van der Waals surface area contributed by atoms with E-state index >= 15 is 0 Å². The normalized spacial score (nSPS) is 17.9. The van der Waals surface area contributed by atoms with Gasteiger partial charge in [-0.2, -0.15) is 0 Å². The number of ether oxygens (including phenoxy) is 1. The molecule has 0 radical (unpaired) electrons. The summed E-state index contributed by atoms with van der Waals surface area (Å²) in [6.07, 6.45) is 1.79. The van der Waals surface area contributed by atoms with Gasteiger partial charge in [0.05, 0.1) is 18.8 Å². The van der Waals surface area contributed by atoms with Gasteiger partial charge in [0.2, 0.25) is 0 Å². The molecule has 1 aliphatic rings. The average molecular weight is 462 g/mol. The molecule has 2 atom stereocenters. The summed E-state index contributed by atoms with van der Waals surface area (Å²) >= 11 is 11.8. The number of hydrogen-bond acceptors (Lipinski definition) is 4. The van der Waals surface area contributed by atoms with Gasteiger partial charge in [0, 0.05) is 22.5 Å². The predicted molar refractivity (Wildman–Crippen MR) is 130 cm³/mol. The van der Waals surface area contributed by atoms with Crippen molar-refractivity contribution in [3.8, 4) is 17.1 Å². The number of methoxy groups -OCH3 is 1. The van der Waals surface area contributed by atoms with Crippen molar-refractivity contribution in [2.75, 3.05) is 12.0 Å². The Kier molecular flexibility index (Phi) is 5.55. The van der Waals surface area contributed by atoms with Crippen LogP contribution in [0.15, 0.2) is 89.5 Å². The summed E-state index contributed by atoms with van der Waals surface area (Å²) in [6.45, 7) is 0. The van der Waals surface area contributed by atoms with Crippen LogP contribution in [0.5, 0.6) is 5.75 Å². The molecule has 2 aromatic heterocycles. The molecule has 0 amide bonds. The lowest BCUT2D eigenvalue weighted by atomic mass is 10.0. The largest absolute Gasteiger partial charge is 0.497 e. The molecule has 0 aliphatic carbocycles. The third kappa shape index (κ3) is 3.83. The van der Waals surface area contributed by atoms with Crippen LogP contribution in [0, 0.1) is 0 Å². The minimum atomic E-state index is -0.216. The van der Waals surface area contributed by atoms with Crippen molar-refractivity contribution in [2.24, 2.45) is 0 Å². The highest BCUT2D eigenvalue weighted by molar-refractivity contribution is 7.80. The topological polar surface area (TPSA) is 50.5 Å². The number of hydrogen-bond donors (Lipinski definition) is 1. The molecule has 4 aromatic rings. The highest BCUT2D eigenvalue weighted by atomic mass is 35.5. The van der Waals surface area contributed by atoms with Crippen LogP contribution in [0.4, 0.5) is 5.69 Å². The van der Waals surface area contributed by atoms with Crippen molar-refractivity contribution in [3.05, 3.63) is 102 Å². The molecule has 160 valence electrons. The van der Waals surface area contributed by atoms with Gasteiger partial charge in [-0.3, -0.25) is 4.98 Å². The summed E-state index contributed by atoms with van der Waals surface area (Å²) in [6, 6.07) is 24.9. The minimum absolute atomic E-state index is 0.171. The molecule has 1 aliphatic heterocycles. The Hall–Kier alpha value is -3.35. The van der Waals surface area contributed by atoms with E-state index in [2.05, 4.69) is 15.2 Å². The maximum absolute atomic E-state index is 6.35. The second-order valence-corrected chi connectivity index (χ2v) is 8.23. The van der Waals surface area contributed by atoms with E-state index in [1.165, 1.54) is 0 Å². The zero-order valence-corrected chi connectivity index (χ0v) is 18.8. The van der Waals surface area contributed by atoms with E-state index in [1.807, 2.05) is 78.9 Å². The molecule has 5 rings (SSSR count). The minimum Gasteiger partial charge on any atom is -0.497 e. The van der Waals surface area contributed by atoms with Crippen LogP contribution >= 0.6 is 23.8 Å². The fourth-order valence-corrected chi connectivity index (χ4v) is 4.42. The Balaban J connectivity index is 1.57. The van der Waals surface area contributed by atoms with E-state index in [0.29, 0.717) is 10.1 Å². The van der Waals surface area contributed by atoms with Gasteiger partial charge in [-0.05, 0) is 85.0 Å². The zero-order chi connectivity index (χ0) is 22.1. The molecular formula is C25H20ClN3O2S. The fourth-order valence-electron chi connectivity index (χ4n) is 3.95. The Morgan fingerprint density at radius 1 is 1.00 bits per heavy atom. The Labute approximate surface area is 196 Å². The molecule has 3 heterocycles. The molecule has 0 saturated carbocycles. The lowest BCUT2D eigenvalue weighted by Crippen LogP contribution is -2.29. The van der Waals surface area contributed by atoms with Gasteiger partial charge < -0.3 is 19.4 Å². The van der Waals surface area contributed by atoms with E-state index < -0.39 is 0 Å². The van der Waals surface area contributed by atoms with E-state index in [9.17, 15) is 0 Å². The molecule has 7 heteroatoms. The van der Waals surface area contributed by atoms with Crippen molar-refractivity contribution in [3.63, 3.8) is 0 Å². The first kappa shape index (κ1) is 20.5. The number of aromatic nitrogens is 1. The molecule has 5 nitrogen and oxygen atoms in total. The first-order chi connectivity index (χ1) is 15.6. The summed E-state index contributed by atoms with van der Waals surface area (Å²) in [5.41, 5.74) is 2.79. The van der Waals surface area contributed by atoms with Crippen LogP contribution in [0.3, 0.4) is 0 Å². The van der Waals surface area contributed by atoms with Gasteiger partial charge in [-0.25, -0.2) is 0 Å². The van der Waals surface area contributed by atoms with E-state index in [4.69, 9.17) is 33.0 Å². The van der Waals surface area contributed by atoms with Crippen molar-refractivity contribution < 1.29 is 9.15 Å². The number of thiocarbonyl (C=S) groups is 1. The second-order valence-electron chi connectivity index (χ2n) is 7.40. The molecule has 2 aromatic carbocycles. The maximum Gasteiger partial charge on any atom is 0.174 e. The SMILES string of the molecule is COc1ccc(N2C(=S)NC(c3ccccn3)C2c2ccc(-c3ccc(Cl)cc3)o2)cc1.